The number of benzene rings is 1. The van der Waals surface area contributed by atoms with Crippen molar-refractivity contribution >= 4 is 17.2 Å². The predicted octanol–water partition coefficient (Wildman–Crippen LogP) is 1.44. The van der Waals surface area contributed by atoms with Crippen LogP contribution in [0, 0.1) is 21.4 Å². The van der Waals surface area contributed by atoms with Crippen LogP contribution in [0.1, 0.15) is 0 Å². The topological polar surface area (TPSA) is 116 Å². The zero-order valence-corrected chi connectivity index (χ0v) is 12.1. The number of nitro groups is 1. The average Bonchev–Trinajstić information content (AvgIpc) is 3.04. The van der Waals surface area contributed by atoms with Crippen LogP contribution in [0.2, 0.25) is 0 Å². The standard InChI is InChI=1S/C15H11N4O5/c20-13-4-1-11(2-5-13)16-7-8-17(10-16)14-6-3-12(18(21)22)9-15(14)19(23)24/h1-10,21H. The lowest BCUT2D eigenvalue weighted by Crippen LogP contribution is -2.36. The highest BCUT2D eigenvalue weighted by Crippen LogP contribution is 2.27. The second-order valence-electron chi connectivity index (χ2n) is 4.93. The second kappa shape index (κ2) is 6.07. The van der Waals surface area contributed by atoms with E-state index >= 15 is 0 Å². The Labute approximate surface area is 135 Å². The highest BCUT2D eigenvalue weighted by Gasteiger charge is 2.23. The minimum atomic E-state index is -0.640. The second-order valence-corrected chi connectivity index (χ2v) is 4.93. The summed E-state index contributed by atoms with van der Waals surface area (Å²) >= 11 is 0. The highest BCUT2D eigenvalue weighted by atomic mass is 16.8. The Balaban J connectivity index is 1.98. The molecule has 1 aliphatic carbocycles. The molecule has 121 valence electrons. The van der Waals surface area contributed by atoms with Gasteiger partial charge in [0.15, 0.2) is 11.8 Å². The first-order valence-electron chi connectivity index (χ1n) is 6.77. The Morgan fingerprint density at radius 1 is 1.21 bits per heavy atom. The van der Waals surface area contributed by atoms with Gasteiger partial charge in [-0.2, -0.15) is 4.57 Å². The predicted molar refractivity (Wildman–Crippen MR) is 82.2 cm³/mol. The summed E-state index contributed by atoms with van der Waals surface area (Å²) in [6.07, 6.45) is 11.0. The number of nitrogens with zero attached hydrogens (tertiary/aromatic N) is 4. The molecule has 1 heterocycles. The molecule has 3 rings (SSSR count). The van der Waals surface area contributed by atoms with Gasteiger partial charge >= 0.3 is 5.69 Å². The Kier molecular flexibility index (Phi) is 3.94. The normalized spacial score (nSPS) is 14.2. The molecule has 0 atom stereocenters. The van der Waals surface area contributed by atoms with Crippen LogP contribution in [-0.2, 0) is 4.79 Å². The van der Waals surface area contributed by atoms with Crippen LogP contribution in [0.3, 0.4) is 0 Å². The number of anilines is 1. The molecule has 1 N–H and O–H groups in total. The van der Waals surface area contributed by atoms with E-state index in [1.807, 2.05) is 0 Å². The first kappa shape index (κ1) is 15.6. The number of aromatic nitrogens is 2. The van der Waals surface area contributed by atoms with Crippen LogP contribution in [0.4, 0.5) is 11.4 Å². The number of hydrogen-bond donors (Lipinski definition) is 1. The summed E-state index contributed by atoms with van der Waals surface area (Å²) in [5, 5.41) is 30.6. The van der Waals surface area contributed by atoms with Gasteiger partial charge in [-0.3, -0.25) is 20.1 Å². The molecule has 24 heavy (non-hydrogen) atoms. The third-order valence-electron chi connectivity index (χ3n) is 3.43. The van der Waals surface area contributed by atoms with Gasteiger partial charge in [0, 0.05) is 6.07 Å². The van der Waals surface area contributed by atoms with Crippen molar-refractivity contribution in [3.8, 4) is 5.69 Å². The largest absolute Gasteiger partial charge is 0.733 e. The fraction of sp³-hybridized carbons (Fsp3) is 0. The minimum Gasteiger partial charge on any atom is -0.733 e. The van der Waals surface area contributed by atoms with Gasteiger partial charge in [0.25, 0.3) is 0 Å². The number of ketones is 1. The van der Waals surface area contributed by atoms with E-state index < -0.39 is 10.1 Å². The van der Waals surface area contributed by atoms with Crippen LogP contribution in [0.5, 0.6) is 0 Å². The number of carbonyl (C=O) groups excluding carboxylic acids is 1. The van der Waals surface area contributed by atoms with E-state index in [4.69, 9.17) is 5.21 Å². The summed E-state index contributed by atoms with van der Waals surface area (Å²) in [7, 11) is 0. The molecule has 1 aromatic carbocycles. The van der Waals surface area contributed by atoms with Crippen molar-refractivity contribution in [1.82, 2.24) is 4.57 Å². The maximum Gasteiger partial charge on any atom is 0.318 e. The number of imidazole rings is 1. The molecule has 0 aliphatic heterocycles. The number of hydrogen-bond acceptors (Lipinski definition) is 6. The summed E-state index contributed by atoms with van der Waals surface area (Å²) in [6, 6.07) is 4.33. The van der Waals surface area contributed by atoms with Gasteiger partial charge in [-0.15, -0.1) is 0 Å². The minimum absolute atomic E-state index is 0.115. The molecule has 0 bridgehead atoms. The molecule has 2 aromatic rings. The SMILES string of the molecule is O=C1C=C[C]([n+]2ccn(-c3ccc(N([O-])O)cc3[N+](=O)[O-])c2)C=C1. The first-order chi connectivity index (χ1) is 11.5. The van der Waals surface area contributed by atoms with Crippen molar-refractivity contribution in [3.05, 3.63) is 82.6 Å². The summed E-state index contributed by atoms with van der Waals surface area (Å²) in [4.78, 5) is 21.7. The molecule has 0 amide bonds. The smallest absolute Gasteiger partial charge is 0.318 e. The maximum absolute atomic E-state index is 11.2. The molecular formula is C15H11N4O5. The molecule has 0 saturated heterocycles. The van der Waals surface area contributed by atoms with Gasteiger partial charge < -0.3 is 10.4 Å². The molecule has 9 nitrogen and oxygen atoms in total. The van der Waals surface area contributed by atoms with E-state index in [1.165, 1.54) is 28.9 Å². The van der Waals surface area contributed by atoms with Crippen LogP contribution < -0.4 is 9.79 Å². The molecule has 1 aromatic heterocycles. The van der Waals surface area contributed by atoms with Crippen molar-refractivity contribution < 1.29 is 19.5 Å². The van der Waals surface area contributed by atoms with Gasteiger partial charge in [0.2, 0.25) is 12.0 Å². The molecule has 1 aliphatic rings. The van der Waals surface area contributed by atoms with Crippen molar-refractivity contribution in [2.75, 3.05) is 5.23 Å². The summed E-state index contributed by atoms with van der Waals surface area (Å²) < 4.78 is 3.18. The van der Waals surface area contributed by atoms with Gasteiger partial charge in [-0.1, -0.05) is 0 Å². The van der Waals surface area contributed by atoms with Crippen LogP contribution >= 0.6 is 0 Å². The third kappa shape index (κ3) is 2.93. The molecule has 1 radical (unpaired) electrons. The van der Waals surface area contributed by atoms with E-state index in [-0.39, 0.29) is 22.8 Å². The van der Waals surface area contributed by atoms with Crippen molar-refractivity contribution in [2.45, 2.75) is 0 Å². The number of rotatable bonds is 4. The highest BCUT2D eigenvalue weighted by molar-refractivity contribution is 6.00. The fourth-order valence-electron chi connectivity index (χ4n) is 2.26. The molecule has 0 unspecified atom stereocenters. The third-order valence-corrected chi connectivity index (χ3v) is 3.43. The zero-order valence-electron chi connectivity index (χ0n) is 12.1. The van der Waals surface area contributed by atoms with Crippen molar-refractivity contribution in [2.24, 2.45) is 0 Å². The summed E-state index contributed by atoms with van der Waals surface area (Å²) in [6.45, 7) is 0. The molecule has 0 spiro atoms. The van der Waals surface area contributed by atoms with Crippen LogP contribution in [0.15, 0.2) is 61.2 Å². The number of nitro benzene ring substituents is 1. The van der Waals surface area contributed by atoms with E-state index in [0.717, 1.165) is 6.07 Å². The van der Waals surface area contributed by atoms with Crippen molar-refractivity contribution in [3.63, 3.8) is 0 Å². The van der Waals surface area contributed by atoms with Crippen molar-refractivity contribution in [1.29, 1.82) is 0 Å². The van der Waals surface area contributed by atoms with Crippen LogP contribution in [-0.4, -0.2) is 20.5 Å². The van der Waals surface area contributed by atoms with Crippen LogP contribution in [0.25, 0.3) is 5.69 Å². The Morgan fingerprint density at radius 2 is 1.92 bits per heavy atom. The van der Waals surface area contributed by atoms with E-state index in [0.29, 0.717) is 6.04 Å². The van der Waals surface area contributed by atoms with Gasteiger partial charge in [0.1, 0.15) is 12.4 Å². The Bertz CT molecular complexity index is 852. The average molecular weight is 327 g/mol. The summed E-state index contributed by atoms with van der Waals surface area (Å²) in [5.74, 6) is -0.115. The Hall–Kier alpha value is -3.30. The lowest BCUT2D eigenvalue weighted by atomic mass is 10.1. The molecule has 0 saturated carbocycles. The zero-order chi connectivity index (χ0) is 17.3. The van der Waals surface area contributed by atoms with E-state index in [9.17, 15) is 20.1 Å². The van der Waals surface area contributed by atoms with E-state index in [1.54, 1.807) is 35.4 Å². The lowest BCUT2D eigenvalue weighted by Gasteiger charge is -2.21. The van der Waals surface area contributed by atoms with Gasteiger partial charge in [-0.05, 0) is 36.4 Å². The number of carbonyl (C=O) groups is 1. The number of allylic oxidation sites excluding steroid dienone is 4. The fourth-order valence-corrected chi connectivity index (χ4v) is 2.26. The van der Waals surface area contributed by atoms with Gasteiger partial charge in [0.05, 0.1) is 10.6 Å². The molecular weight excluding hydrogens is 316 g/mol. The monoisotopic (exact) mass is 327 g/mol. The van der Waals surface area contributed by atoms with E-state index in [2.05, 4.69) is 0 Å². The van der Waals surface area contributed by atoms with Gasteiger partial charge in [-0.25, -0.2) is 4.57 Å². The summed E-state index contributed by atoms with van der Waals surface area (Å²) in [5.41, 5.74) is -0.346. The lowest BCUT2D eigenvalue weighted by molar-refractivity contribution is -0.643. The Morgan fingerprint density at radius 3 is 2.54 bits per heavy atom. The maximum atomic E-state index is 11.2. The molecule has 0 fully saturated rings. The quantitative estimate of drug-likeness (QED) is 0.516. The first-order valence-corrected chi connectivity index (χ1v) is 6.77. The molecule has 9 heteroatoms.